The van der Waals surface area contributed by atoms with Gasteiger partial charge in [0.15, 0.2) is 0 Å². The van der Waals surface area contributed by atoms with Crippen LogP contribution in [0.1, 0.15) is 5.56 Å². The molecule has 0 saturated heterocycles. The molecular weight excluding hydrogens is 413 g/mol. The Morgan fingerprint density at radius 1 is 0.667 bits per heavy atom. The lowest BCUT2D eigenvalue weighted by Gasteiger charge is -2.28. The minimum Gasteiger partial charge on any atom is -0.258 e. The molecule has 0 bridgehead atoms. The molecule has 0 aromatic heterocycles. The molecule has 0 saturated carbocycles. The topological polar surface area (TPSA) is 43.1 Å². The first-order chi connectivity index (χ1) is 14.6. The van der Waals surface area contributed by atoms with Crippen molar-refractivity contribution in [3.8, 4) is 0 Å². The predicted molar refractivity (Wildman–Crippen MR) is 127 cm³/mol. The summed E-state index contributed by atoms with van der Waals surface area (Å²) in [7, 11) is -2.16. The predicted octanol–water partition coefficient (Wildman–Crippen LogP) is 5.74. The third-order valence-electron chi connectivity index (χ3n) is 5.25. The van der Waals surface area contributed by atoms with Gasteiger partial charge in [0.25, 0.3) is 5.69 Å². The van der Waals surface area contributed by atoms with Gasteiger partial charge < -0.3 is 0 Å². The first-order valence-electron chi connectivity index (χ1n) is 9.59. The van der Waals surface area contributed by atoms with E-state index in [-0.39, 0.29) is 10.7 Å². The lowest BCUT2D eigenvalue weighted by atomic mass is 10.2. The molecule has 30 heavy (non-hydrogen) atoms. The Hall–Kier alpha value is -3.00. The van der Waals surface area contributed by atoms with Crippen LogP contribution in [0.15, 0.2) is 109 Å². The molecule has 0 spiro atoms. The zero-order valence-electron chi connectivity index (χ0n) is 16.2. The monoisotopic (exact) mass is 432 g/mol. The molecule has 0 aliphatic heterocycles. The Morgan fingerprint density at radius 3 is 1.50 bits per heavy atom. The second kappa shape index (κ2) is 8.79. The van der Waals surface area contributed by atoms with Crippen molar-refractivity contribution < 1.29 is 4.92 Å². The molecule has 0 fully saturated rings. The van der Waals surface area contributed by atoms with Gasteiger partial charge >= 0.3 is 0 Å². The van der Waals surface area contributed by atoms with Crippen LogP contribution < -0.4 is 15.9 Å². The molecule has 3 nitrogen and oxygen atoms in total. The third kappa shape index (κ3) is 3.75. The van der Waals surface area contributed by atoms with Crippen LogP contribution in [0.25, 0.3) is 0 Å². The Morgan fingerprint density at radius 2 is 1.10 bits per heavy atom. The summed E-state index contributed by atoms with van der Waals surface area (Å²) in [6, 6.07) is 36.3. The molecule has 0 amide bonds. The zero-order chi connectivity index (χ0) is 21.0. The minimum atomic E-state index is -2.16. The van der Waals surface area contributed by atoms with Crippen molar-refractivity contribution >= 4 is 40.5 Å². The number of nitro groups is 1. The summed E-state index contributed by atoms with van der Waals surface area (Å²) < 4.78 is 0. The molecule has 0 N–H and O–H groups in total. The maximum Gasteiger partial charge on any atom is 0.288 e. The Kier molecular flexibility index (Phi) is 5.94. The SMILES string of the molecule is O=[N+]([O-])c1cccc(C[P+](c2ccccc2)(c2ccccc2)c2ccccc2)c1Cl. The van der Waals surface area contributed by atoms with Gasteiger partial charge in [0.1, 0.15) is 34.4 Å². The van der Waals surface area contributed by atoms with Gasteiger partial charge in [-0.3, -0.25) is 10.1 Å². The summed E-state index contributed by atoms with van der Waals surface area (Å²) in [5, 5.41) is 15.3. The van der Waals surface area contributed by atoms with Gasteiger partial charge in [0, 0.05) is 11.6 Å². The molecular formula is C25H20ClNO2P+. The van der Waals surface area contributed by atoms with E-state index < -0.39 is 12.2 Å². The van der Waals surface area contributed by atoms with Gasteiger partial charge in [0.2, 0.25) is 0 Å². The van der Waals surface area contributed by atoms with E-state index in [9.17, 15) is 10.1 Å². The van der Waals surface area contributed by atoms with E-state index >= 15 is 0 Å². The van der Waals surface area contributed by atoms with Gasteiger partial charge in [0.05, 0.1) is 4.92 Å². The van der Waals surface area contributed by atoms with Crippen molar-refractivity contribution in [3.63, 3.8) is 0 Å². The average Bonchev–Trinajstić information content (AvgIpc) is 2.80. The van der Waals surface area contributed by atoms with Gasteiger partial charge in [-0.25, -0.2) is 0 Å². The number of halogens is 1. The third-order valence-corrected chi connectivity index (χ3v) is 10.0. The first kappa shape index (κ1) is 20.3. The number of nitro benzene ring substituents is 1. The fourth-order valence-electron chi connectivity index (χ4n) is 3.85. The highest BCUT2D eigenvalue weighted by atomic mass is 35.5. The highest BCUT2D eigenvalue weighted by Crippen LogP contribution is 2.59. The number of rotatable bonds is 6. The summed E-state index contributed by atoms with van der Waals surface area (Å²) >= 11 is 6.55. The highest BCUT2D eigenvalue weighted by molar-refractivity contribution is 7.95. The lowest BCUT2D eigenvalue weighted by Crippen LogP contribution is -2.32. The summed E-state index contributed by atoms with van der Waals surface area (Å²) in [5.41, 5.74) is 0.734. The molecule has 4 rings (SSSR count). The molecule has 0 heterocycles. The van der Waals surface area contributed by atoms with Crippen molar-refractivity contribution in [1.29, 1.82) is 0 Å². The molecule has 0 aliphatic carbocycles. The van der Waals surface area contributed by atoms with Crippen LogP contribution in [-0.4, -0.2) is 4.92 Å². The van der Waals surface area contributed by atoms with Crippen LogP contribution in [-0.2, 0) is 6.16 Å². The maximum absolute atomic E-state index is 11.5. The first-order valence-corrected chi connectivity index (χ1v) is 11.9. The van der Waals surface area contributed by atoms with Crippen molar-refractivity contribution in [2.24, 2.45) is 0 Å². The fraction of sp³-hybridized carbons (Fsp3) is 0.0400. The quantitative estimate of drug-likeness (QED) is 0.221. The van der Waals surface area contributed by atoms with Gasteiger partial charge in [-0.1, -0.05) is 78.3 Å². The number of benzene rings is 4. The van der Waals surface area contributed by atoms with Gasteiger partial charge in [-0.15, -0.1) is 0 Å². The molecule has 0 unspecified atom stereocenters. The van der Waals surface area contributed by atoms with Crippen molar-refractivity contribution in [3.05, 3.63) is 130 Å². The van der Waals surface area contributed by atoms with E-state index in [1.54, 1.807) is 6.07 Å². The molecule has 148 valence electrons. The van der Waals surface area contributed by atoms with Crippen molar-refractivity contribution in [1.82, 2.24) is 0 Å². The summed E-state index contributed by atoms with van der Waals surface area (Å²) in [6.07, 6.45) is 0.603. The number of hydrogen-bond acceptors (Lipinski definition) is 2. The molecule has 4 aromatic rings. The molecule has 0 atom stereocenters. The van der Waals surface area contributed by atoms with Gasteiger partial charge in [-0.2, -0.15) is 0 Å². The van der Waals surface area contributed by atoms with E-state index in [1.165, 1.54) is 22.0 Å². The molecule has 0 radical (unpaired) electrons. The Bertz CT molecular complexity index is 1050. The van der Waals surface area contributed by atoms with Crippen LogP contribution in [0.5, 0.6) is 0 Å². The zero-order valence-corrected chi connectivity index (χ0v) is 17.8. The normalized spacial score (nSPS) is 11.2. The lowest BCUT2D eigenvalue weighted by molar-refractivity contribution is -0.384. The molecule has 4 aromatic carbocycles. The summed E-state index contributed by atoms with van der Waals surface area (Å²) in [6.45, 7) is 0. The Labute approximate surface area is 181 Å². The van der Waals surface area contributed by atoms with E-state index in [2.05, 4.69) is 36.4 Å². The van der Waals surface area contributed by atoms with E-state index in [0.29, 0.717) is 6.16 Å². The van der Waals surface area contributed by atoms with Crippen LogP contribution in [0, 0.1) is 10.1 Å². The van der Waals surface area contributed by atoms with Crippen molar-refractivity contribution in [2.75, 3.05) is 0 Å². The van der Waals surface area contributed by atoms with Crippen LogP contribution >= 0.6 is 18.9 Å². The fourth-order valence-corrected chi connectivity index (χ4v) is 8.47. The van der Waals surface area contributed by atoms with Crippen LogP contribution in [0.2, 0.25) is 5.02 Å². The number of nitrogens with zero attached hydrogens (tertiary/aromatic N) is 1. The highest BCUT2D eigenvalue weighted by Gasteiger charge is 2.46. The maximum atomic E-state index is 11.5. The standard InChI is InChI=1S/C25H20ClNO2P/c26-25-20(11-10-18-24(25)27(28)29)19-30(21-12-4-1-5-13-21,22-14-6-2-7-15-22)23-16-8-3-9-17-23/h1-18H,19H2/q+1. The van der Waals surface area contributed by atoms with E-state index in [4.69, 9.17) is 11.6 Å². The van der Waals surface area contributed by atoms with E-state index in [0.717, 1.165) is 5.56 Å². The molecule has 5 heteroatoms. The second-order valence-corrected chi connectivity index (χ2v) is 10.8. The average molecular weight is 433 g/mol. The summed E-state index contributed by atoms with van der Waals surface area (Å²) in [5.74, 6) is 0. The Balaban J connectivity index is 2.01. The van der Waals surface area contributed by atoms with Crippen LogP contribution in [0.3, 0.4) is 0 Å². The van der Waals surface area contributed by atoms with Crippen molar-refractivity contribution in [2.45, 2.75) is 6.16 Å². The molecule has 0 aliphatic rings. The van der Waals surface area contributed by atoms with Crippen LogP contribution in [0.4, 0.5) is 5.69 Å². The smallest absolute Gasteiger partial charge is 0.258 e. The largest absolute Gasteiger partial charge is 0.288 e. The number of hydrogen-bond donors (Lipinski definition) is 0. The van der Waals surface area contributed by atoms with Gasteiger partial charge in [-0.05, 0) is 36.4 Å². The minimum absolute atomic E-state index is 0.0542. The van der Waals surface area contributed by atoms with E-state index in [1.807, 2.05) is 60.7 Å². The summed E-state index contributed by atoms with van der Waals surface area (Å²) in [4.78, 5) is 11.1. The second-order valence-electron chi connectivity index (χ2n) is 6.98.